The zero-order valence-corrected chi connectivity index (χ0v) is 11.8. The standard InChI is InChI=1S/C13H16F4N2.ClH/c1-9-8-10(2-3-11(9)14)12(13(15,16)17)19-6-4-18-5-7-19;/h2-3,8,12,18H,4-7H2,1H3;1H/t12-;/m0./s1. The molecule has 0 aliphatic carbocycles. The Kier molecular flexibility index (Phi) is 5.79. The second-order valence-electron chi connectivity index (χ2n) is 4.74. The first-order valence-electron chi connectivity index (χ1n) is 6.17. The lowest BCUT2D eigenvalue weighted by molar-refractivity contribution is -0.187. The second-order valence-corrected chi connectivity index (χ2v) is 4.74. The molecule has 0 bridgehead atoms. The van der Waals surface area contributed by atoms with Crippen molar-refractivity contribution in [1.29, 1.82) is 0 Å². The van der Waals surface area contributed by atoms with Crippen molar-refractivity contribution in [3.05, 3.63) is 35.1 Å². The van der Waals surface area contributed by atoms with Crippen molar-refractivity contribution in [3.8, 4) is 0 Å². The number of aryl methyl sites for hydroxylation is 1. The minimum atomic E-state index is -4.36. The molecule has 1 aromatic rings. The van der Waals surface area contributed by atoms with E-state index in [1.54, 1.807) is 0 Å². The molecule has 0 amide bonds. The van der Waals surface area contributed by atoms with Crippen LogP contribution in [0.1, 0.15) is 17.2 Å². The average molecular weight is 313 g/mol. The van der Waals surface area contributed by atoms with Gasteiger partial charge in [0.25, 0.3) is 0 Å². The molecule has 1 heterocycles. The van der Waals surface area contributed by atoms with E-state index in [0.717, 1.165) is 6.07 Å². The van der Waals surface area contributed by atoms with E-state index in [1.807, 2.05) is 0 Å². The summed E-state index contributed by atoms with van der Waals surface area (Å²) in [7, 11) is 0. The number of rotatable bonds is 2. The normalized spacial score (nSPS) is 18.4. The Balaban J connectivity index is 0.00000200. The number of halogens is 5. The number of benzene rings is 1. The predicted octanol–water partition coefficient (Wildman–Crippen LogP) is 3.06. The highest BCUT2D eigenvalue weighted by atomic mass is 35.5. The molecule has 0 spiro atoms. The summed E-state index contributed by atoms with van der Waals surface area (Å²) in [6, 6.07) is 1.96. The van der Waals surface area contributed by atoms with Crippen molar-refractivity contribution >= 4 is 12.4 Å². The summed E-state index contributed by atoms with van der Waals surface area (Å²) in [4.78, 5) is 1.39. The van der Waals surface area contributed by atoms with Gasteiger partial charge in [-0.15, -0.1) is 12.4 Å². The molecule has 1 atom stereocenters. The number of nitrogens with zero attached hydrogens (tertiary/aromatic N) is 1. The molecule has 1 aliphatic heterocycles. The fourth-order valence-electron chi connectivity index (χ4n) is 2.39. The maximum absolute atomic E-state index is 13.3. The van der Waals surface area contributed by atoms with E-state index in [-0.39, 0.29) is 23.5 Å². The topological polar surface area (TPSA) is 15.3 Å². The van der Waals surface area contributed by atoms with Crippen LogP contribution in [-0.4, -0.2) is 37.3 Å². The second kappa shape index (κ2) is 6.74. The molecule has 1 aliphatic rings. The fraction of sp³-hybridized carbons (Fsp3) is 0.538. The van der Waals surface area contributed by atoms with Gasteiger partial charge >= 0.3 is 6.18 Å². The Bertz CT molecular complexity index is 444. The lowest BCUT2D eigenvalue weighted by Crippen LogP contribution is -2.49. The number of hydrogen-bond donors (Lipinski definition) is 1. The van der Waals surface area contributed by atoms with Crippen LogP contribution in [-0.2, 0) is 0 Å². The van der Waals surface area contributed by atoms with E-state index in [1.165, 1.54) is 24.0 Å². The van der Waals surface area contributed by atoms with Crippen molar-refractivity contribution in [2.24, 2.45) is 0 Å². The summed E-state index contributed by atoms with van der Waals surface area (Å²) >= 11 is 0. The molecule has 0 saturated carbocycles. The van der Waals surface area contributed by atoms with Crippen LogP contribution in [0.4, 0.5) is 17.6 Å². The van der Waals surface area contributed by atoms with E-state index < -0.39 is 18.0 Å². The Hall–Kier alpha value is -0.850. The number of piperazine rings is 1. The van der Waals surface area contributed by atoms with Gasteiger partial charge in [-0.05, 0) is 24.1 Å². The maximum atomic E-state index is 13.3. The monoisotopic (exact) mass is 312 g/mol. The Morgan fingerprint density at radius 2 is 1.80 bits per heavy atom. The fourth-order valence-corrected chi connectivity index (χ4v) is 2.39. The third-order valence-electron chi connectivity index (χ3n) is 3.32. The molecule has 7 heteroatoms. The van der Waals surface area contributed by atoms with E-state index in [9.17, 15) is 17.6 Å². The molecule has 2 nitrogen and oxygen atoms in total. The van der Waals surface area contributed by atoms with Gasteiger partial charge in [0.05, 0.1) is 0 Å². The highest BCUT2D eigenvalue weighted by Crippen LogP contribution is 2.38. The van der Waals surface area contributed by atoms with Crippen LogP contribution in [0, 0.1) is 12.7 Å². The zero-order chi connectivity index (χ0) is 14.0. The van der Waals surface area contributed by atoms with Crippen LogP contribution < -0.4 is 5.32 Å². The smallest absolute Gasteiger partial charge is 0.314 e. The van der Waals surface area contributed by atoms with Gasteiger partial charge in [0, 0.05) is 26.2 Å². The lowest BCUT2D eigenvalue weighted by Gasteiger charge is -2.36. The number of hydrogen-bond acceptors (Lipinski definition) is 2. The average Bonchev–Trinajstić information content (AvgIpc) is 2.34. The summed E-state index contributed by atoms with van der Waals surface area (Å²) in [6.07, 6.45) is -4.36. The molecule has 0 radical (unpaired) electrons. The Morgan fingerprint density at radius 3 is 2.30 bits per heavy atom. The molecule has 0 unspecified atom stereocenters. The SMILES string of the molecule is Cc1cc([C@H](N2CCNCC2)C(F)(F)F)ccc1F.Cl. The minimum Gasteiger partial charge on any atom is -0.314 e. The summed E-state index contributed by atoms with van der Waals surface area (Å²) in [5.41, 5.74) is 0.343. The zero-order valence-electron chi connectivity index (χ0n) is 11.0. The van der Waals surface area contributed by atoms with Crippen molar-refractivity contribution in [2.75, 3.05) is 26.2 Å². The van der Waals surface area contributed by atoms with Gasteiger partial charge in [-0.2, -0.15) is 13.2 Å². The molecular formula is C13H17ClF4N2. The number of alkyl halides is 3. The van der Waals surface area contributed by atoms with Crippen molar-refractivity contribution in [2.45, 2.75) is 19.1 Å². The summed E-state index contributed by atoms with van der Waals surface area (Å²) in [6.45, 7) is 3.21. The lowest BCUT2D eigenvalue weighted by atomic mass is 10.0. The minimum absolute atomic E-state index is 0. The maximum Gasteiger partial charge on any atom is 0.408 e. The molecule has 114 valence electrons. The molecule has 1 saturated heterocycles. The van der Waals surface area contributed by atoms with Gasteiger partial charge in [0.2, 0.25) is 0 Å². The van der Waals surface area contributed by atoms with Gasteiger partial charge in [-0.1, -0.05) is 12.1 Å². The highest BCUT2D eigenvalue weighted by Gasteiger charge is 2.44. The highest BCUT2D eigenvalue weighted by molar-refractivity contribution is 5.85. The molecule has 0 aromatic heterocycles. The molecule has 1 aromatic carbocycles. The van der Waals surface area contributed by atoms with Crippen LogP contribution in [0.3, 0.4) is 0 Å². The van der Waals surface area contributed by atoms with Gasteiger partial charge in [-0.25, -0.2) is 4.39 Å². The molecule has 1 fully saturated rings. The van der Waals surface area contributed by atoms with Crippen LogP contribution in [0.15, 0.2) is 18.2 Å². The largest absolute Gasteiger partial charge is 0.408 e. The van der Waals surface area contributed by atoms with Crippen LogP contribution in [0.2, 0.25) is 0 Å². The molecular weight excluding hydrogens is 296 g/mol. The van der Waals surface area contributed by atoms with E-state index in [4.69, 9.17) is 0 Å². The van der Waals surface area contributed by atoms with Crippen molar-refractivity contribution in [3.63, 3.8) is 0 Å². The van der Waals surface area contributed by atoms with Gasteiger partial charge in [0.1, 0.15) is 11.9 Å². The first-order chi connectivity index (χ1) is 8.89. The van der Waals surface area contributed by atoms with Crippen molar-refractivity contribution in [1.82, 2.24) is 10.2 Å². The van der Waals surface area contributed by atoms with Gasteiger partial charge in [-0.3, -0.25) is 4.90 Å². The van der Waals surface area contributed by atoms with Crippen LogP contribution >= 0.6 is 12.4 Å². The summed E-state index contributed by atoms with van der Waals surface area (Å²) < 4.78 is 53.0. The third kappa shape index (κ3) is 3.84. The van der Waals surface area contributed by atoms with E-state index in [2.05, 4.69) is 5.32 Å². The third-order valence-corrected chi connectivity index (χ3v) is 3.32. The van der Waals surface area contributed by atoms with Crippen molar-refractivity contribution < 1.29 is 17.6 Å². The number of nitrogens with one attached hydrogen (secondary N) is 1. The summed E-state index contributed by atoms with van der Waals surface area (Å²) in [5.74, 6) is -0.481. The molecule has 1 N–H and O–H groups in total. The molecule has 2 rings (SSSR count). The van der Waals surface area contributed by atoms with E-state index >= 15 is 0 Å². The van der Waals surface area contributed by atoms with Crippen LogP contribution in [0.25, 0.3) is 0 Å². The first kappa shape index (κ1) is 17.2. The van der Waals surface area contributed by atoms with E-state index in [0.29, 0.717) is 26.2 Å². The Labute approximate surface area is 121 Å². The van der Waals surface area contributed by atoms with Crippen LogP contribution in [0.5, 0.6) is 0 Å². The quantitative estimate of drug-likeness (QED) is 0.844. The Morgan fingerprint density at radius 1 is 1.20 bits per heavy atom. The predicted molar refractivity (Wildman–Crippen MR) is 71.6 cm³/mol. The first-order valence-corrected chi connectivity index (χ1v) is 6.17. The summed E-state index contributed by atoms with van der Waals surface area (Å²) in [5, 5.41) is 3.02. The molecule has 20 heavy (non-hydrogen) atoms. The van der Waals surface area contributed by atoms with Gasteiger partial charge in [0.15, 0.2) is 0 Å². The van der Waals surface area contributed by atoms with Gasteiger partial charge < -0.3 is 5.32 Å².